The molecule has 1 aromatic heterocycles. The zero-order chi connectivity index (χ0) is 29.4. The number of halogens is 3. The van der Waals surface area contributed by atoms with Gasteiger partial charge in [0, 0.05) is 49.4 Å². The molecule has 0 bridgehead atoms. The predicted octanol–water partition coefficient (Wildman–Crippen LogP) is 4.91. The molecule has 1 aliphatic heterocycles. The molecule has 214 valence electrons. The van der Waals surface area contributed by atoms with Gasteiger partial charge in [0.25, 0.3) is 5.91 Å². The van der Waals surface area contributed by atoms with E-state index in [-0.39, 0.29) is 56.3 Å². The second-order valence-electron chi connectivity index (χ2n) is 9.02. The number of carbonyl (C=O) groups is 3. The number of hydrogen-bond acceptors (Lipinski definition) is 6. The lowest BCUT2D eigenvalue weighted by atomic mass is 9.96. The molecular formula is C28H32Cl2FN5O4. The van der Waals surface area contributed by atoms with Gasteiger partial charge in [0.15, 0.2) is 11.5 Å². The number of alkyl halides is 1. The van der Waals surface area contributed by atoms with Crippen LogP contribution in [0.25, 0.3) is 17.1 Å². The molecule has 0 saturated carbocycles. The van der Waals surface area contributed by atoms with Gasteiger partial charge in [0.1, 0.15) is 18.0 Å². The van der Waals surface area contributed by atoms with Crippen molar-refractivity contribution in [3.8, 4) is 17.1 Å². The summed E-state index contributed by atoms with van der Waals surface area (Å²) < 4.78 is 22.5. The van der Waals surface area contributed by atoms with Crippen LogP contribution in [0.1, 0.15) is 37.2 Å². The molecule has 0 radical (unpaired) electrons. The fourth-order valence-corrected chi connectivity index (χ4v) is 4.73. The molecule has 3 amide bonds. The standard InChI is InChI=1S/C26H26Cl2FN5O4.C2H6/c1-32(15-26(29)10-12-38-13-11-26)24-22(25(37)33(16-35)14-21(30)36)34(18-8-6-17(27)7-9-18)23(31-24)19-4-2-3-5-20(19)28;1-2/h2-9,16H,10-15H2,1H3,(H2,30,36);1-2H3. The highest BCUT2D eigenvalue weighted by Crippen LogP contribution is 2.37. The number of imide groups is 1. The number of amides is 3. The topological polar surface area (TPSA) is 111 Å². The molecule has 3 aromatic rings. The van der Waals surface area contributed by atoms with E-state index in [1.807, 2.05) is 13.8 Å². The number of hydrogen-bond donors (Lipinski definition) is 1. The Morgan fingerprint density at radius 2 is 1.75 bits per heavy atom. The van der Waals surface area contributed by atoms with Crippen molar-refractivity contribution in [2.75, 3.05) is 38.3 Å². The molecule has 2 aromatic carbocycles. The van der Waals surface area contributed by atoms with Crippen molar-refractivity contribution in [2.45, 2.75) is 32.4 Å². The van der Waals surface area contributed by atoms with Crippen LogP contribution in [0, 0.1) is 0 Å². The maximum Gasteiger partial charge on any atom is 0.281 e. The maximum atomic E-state index is 15.7. The Balaban J connectivity index is 0.00000216. The highest BCUT2D eigenvalue weighted by atomic mass is 35.5. The van der Waals surface area contributed by atoms with Gasteiger partial charge in [-0.25, -0.2) is 9.37 Å². The number of carbonyl (C=O) groups excluding carboxylic acids is 3. The number of aromatic nitrogens is 2. The SMILES string of the molecule is CC.CN(CC1(F)CCOCC1)c1nc(-c2ccccc2Cl)n(-c2ccc(Cl)cc2)c1C(=O)N(C=O)CC(N)=O. The first-order valence-electron chi connectivity index (χ1n) is 12.8. The van der Waals surface area contributed by atoms with E-state index in [0.29, 0.717) is 26.2 Å². The first-order valence-corrected chi connectivity index (χ1v) is 13.5. The van der Waals surface area contributed by atoms with E-state index in [9.17, 15) is 14.4 Å². The van der Waals surface area contributed by atoms with Gasteiger partial charge in [0.05, 0.1) is 11.6 Å². The summed E-state index contributed by atoms with van der Waals surface area (Å²) in [7, 11) is 1.61. The average molecular weight is 592 g/mol. The minimum Gasteiger partial charge on any atom is -0.381 e. The molecule has 40 heavy (non-hydrogen) atoms. The Morgan fingerprint density at radius 3 is 2.33 bits per heavy atom. The molecular weight excluding hydrogens is 560 g/mol. The largest absolute Gasteiger partial charge is 0.381 e. The molecule has 0 atom stereocenters. The number of nitrogens with zero attached hydrogens (tertiary/aromatic N) is 4. The highest BCUT2D eigenvalue weighted by molar-refractivity contribution is 6.33. The Hall–Kier alpha value is -3.47. The average Bonchev–Trinajstić information content (AvgIpc) is 3.34. The summed E-state index contributed by atoms with van der Waals surface area (Å²) in [5.74, 6) is -1.36. The van der Waals surface area contributed by atoms with Crippen LogP contribution in [0.3, 0.4) is 0 Å². The molecule has 1 saturated heterocycles. The molecule has 2 N–H and O–H groups in total. The fraction of sp³-hybridized carbons (Fsp3) is 0.357. The zero-order valence-corrected chi connectivity index (χ0v) is 24.1. The minimum absolute atomic E-state index is 0.0752. The van der Waals surface area contributed by atoms with Gasteiger partial charge in [-0.15, -0.1) is 0 Å². The van der Waals surface area contributed by atoms with E-state index in [2.05, 4.69) is 0 Å². The second kappa shape index (κ2) is 13.7. The lowest BCUT2D eigenvalue weighted by Gasteiger charge is -2.33. The summed E-state index contributed by atoms with van der Waals surface area (Å²) in [4.78, 5) is 44.3. The molecule has 1 fully saturated rings. The van der Waals surface area contributed by atoms with Crippen LogP contribution in [0.15, 0.2) is 48.5 Å². The quantitative estimate of drug-likeness (QED) is 0.354. The van der Waals surface area contributed by atoms with Crippen molar-refractivity contribution < 1.29 is 23.5 Å². The third-order valence-electron chi connectivity index (χ3n) is 6.25. The van der Waals surface area contributed by atoms with Gasteiger partial charge >= 0.3 is 0 Å². The summed E-state index contributed by atoms with van der Waals surface area (Å²) >= 11 is 12.6. The minimum atomic E-state index is -1.58. The van der Waals surface area contributed by atoms with E-state index < -0.39 is 24.0 Å². The van der Waals surface area contributed by atoms with Crippen molar-refractivity contribution in [3.63, 3.8) is 0 Å². The summed E-state index contributed by atoms with van der Waals surface area (Å²) in [6.07, 6.45) is 0.580. The van der Waals surface area contributed by atoms with Crippen LogP contribution in [-0.2, 0) is 14.3 Å². The van der Waals surface area contributed by atoms with Gasteiger partial charge in [-0.05, 0) is 36.4 Å². The van der Waals surface area contributed by atoms with Gasteiger partial charge in [-0.3, -0.25) is 23.9 Å². The maximum absolute atomic E-state index is 15.7. The Kier molecular flexibility index (Phi) is 10.7. The zero-order valence-electron chi connectivity index (χ0n) is 22.6. The van der Waals surface area contributed by atoms with E-state index in [1.165, 1.54) is 9.47 Å². The number of nitrogens with two attached hydrogens (primary N) is 1. The smallest absolute Gasteiger partial charge is 0.281 e. The molecule has 9 nitrogen and oxygen atoms in total. The molecule has 0 spiro atoms. The molecule has 1 aliphatic rings. The summed E-state index contributed by atoms with van der Waals surface area (Å²) in [5, 5.41) is 0.817. The van der Waals surface area contributed by atoms with Crippen molar-refractivity contribution >= 4 is 47.2 Å². The van der Waals surface area contributed by atoms with Gasteiger partial charge in [-0.1, -0.05) is 49.2 Å². The summed E-state index contributed by atoms with van der Waals surface area (Å²) in [6, 6.07) is 13.5. The number of benzene rings is 2. The number of ether oxygens (including phenoxy) is 1. The molecule has 0 aliphatic carbocycles. The first-order chi connectivity index (χ1) is 19.1. The van der Waals surface area contributed by atoms with Crippen molar-refractivity contribution in [2.24, 2.45) is 5.73 Å². The Morgan fingerprint density at radius 1 is 1.12 bits per heavy atom. The number of imidazole rings is 1. The number of anilines is 1. The van der Waals surface area contributed by atoms with Gasteiger partial charge in [-0.2, -0.15) is 0 Å². The van der Waals surface area contributed by atoms with Crippen LogP contribution in [0.4, 0.5) is 10.2 Å². The van der Waals surface area contributed by atoms with Crippen LogP contribution in [0.5, 0.6) is 0 Å². The molecule has 12 heteroatoms. The van der Waals surface area contributed by atoms with Crippen LogP contribution in [0.2, 0.25) is 10.0 Å². The number of primary amides is 1. The fourth-order valence-electron chi connectivity index (χ4n) is 4.39. The second-order valence-corrected chi connectivity index (χ2v) is 9.87. The first kappa shape index (κ1) is 31.1. The third-order valence-corrected chi connectivity index (χ3v) is 6.83. The van der Waals surface area contributed by atoms with Crippen LogP contribution < -0.4 is 10.6 Å². The van der Waals surface area contributed by atoms with E-state index >= 15 is 4.39 Å². The Labute approximate surface area is 242 Å². The molecule has 0 unspecified atom stereocenters. The van der Waals surface area contributed by atoms with Gasteiger partial charge < -0.3 is 15.4 Å². The highest BCUT2D eigenvalue weighted by Gasteiger charge is 2.37. The lowest BCUT2D eigenvalue weighted by Crippen LogP contribution is -2.43. The van der Waals surface area contributed by atoms with E-state index in [0.717, 1.165) is 0 Å². The van der Waals surface area contributed by atoms with Crippen LogP contribution >= 0.6 is 23.2 Å². The predicted molar refractivity (Wildman–Crippen MR) is 154 cm³/mol. The Bertz CT molecular complexity index is 1340. The van der Waals surface area contributed by atoms with E-state index in [1.54, 1.807) is 55.6 Å². The normalized spacial score (nSPS) is 14.1. The van der Waals surface area contributed by atoms with Crippen molar-refractivity contribution in [1.29, 1.82) is 0 Å². The van der Waals surface area contributed by atoms with Gasteiger partial charge in [0.2, 0.25) is 12.3 Å². The van der Waals surface area contributed by atoms with Crippen LogP contribution in [-0.4, -0.2) is 71.7 Å². The lowest BCUT2D eigenvalue weighted by molar-refractivity contribution is -0.124. The third kappa shape index (κ3) is 6.99. The monoisotopic (exact) mass is 591 g/mol. The van der Waals surface area contributed by atoms with E-state index in [4.69, 9.17) is 38.7 Å². The van der Waals surface area contributed by atoms with Crippen molar-refractivity contribution in [3.05, 3.63) is 64.3 Å². The molecule has 2 heterocycles. The summed E-state index contributed by atoms with van der Waals surface area (Å²) in [5.41, 5.74) is 4.60. The summed E-state index contributed by atoms with van der Waals surface area (Å²) in [6.45, 7) is 3.81. The molecule has 4 rings (SSSR count). The number of rotatable bonds is 9. The van der Waals surface area contributed by atoms with Crippen molar-refractivity contribution in [1.82, 2.24) is 14.5 Å².